The van der Waals surface area contributed by atoms with Crippen molar-refractivity contribution in [2.24, 2.45) is 0 Å². The molecule has 0 atom stereocenters. The van der Waals surface area contributed by atoms with Crippen LogP contribution >= 0.6 is 0 Å². The minimum Gasteiger partial charge on any atom is -0.494 e. The van der Waals surface area contributed by atoms with E-state index in [0.29, 0.717) is 0 Å². The van der Waals surface area contributed by atoms with Crippen molar-refractivity contribution in [1.82, 2.24) is 0 Å². The van der Waals surface area contributed by atoms with Crippen molar-refractivity contribution in [2.75, 3.05) is 26.1 Å². The number of halogens is 1. The Morgan fingerprint density at radius 3 is 2.50 bits per heavy atom. The molecule has 0 aliphatic rings. The van der Waals surface area contributed by atoms with Crippen LogP contribution in [0.4, 0.5) is 10.1 Å². The second-order valence-electron chi connectivity index (χ2n) is 2.71. The fraction of sp³-hybridized carbons (Fsp3) is 0.333. The van der Waals surface area contributed by atoms with Gasteiger partial charge >= 0.3 is 0 Å². The van der Waals surface area contributed by atoms with Gasteiger partial charge in [-0.25, -0.2) is 4.39 Å². The molecule has 0 aliphatic carbocycles. The van der Waals surface area contributed by atoms with Gasteiger partial charge in [0.1, 0.15) is 0 Å². The molecule has 66 valence electrons. The molecule has 2 nitrogen and oxygen atoms in total. The SMILES string of the molecule is COc1cc(N(C)C)ccc1F. The van der Waals surface area contributed by atoms with Crippen LogP contribution in [0.5, 0.6) is 5.75 Å². The summed E-state index contributed by atoms with van der Waals surface area (Å²) in [4.78, 5) is 1.89. The maximum absolute atomic E-state index is 12.9. The topological polar surface area (TPSA) is 12.5 Å². The molecule has 0 spiro atoms. The molecular formula is C9H12FNO. The Morgan fingerprint density at radius 2 is 2.00 bits per heavy atom. The van der Waals surface area contributed by atoms with Crippen LogP contribution in [0, 0.1) is 5.82 Å². The third-order valence-electron chi connectivity index (χ3n) is 1.65. The van der Waals surface area contributed by atoms with Gasteiger partial charge in [0.15, 0.2) is 11.6 Å². The highest BCUT2D eigenvalue weighted by molar-refractivity contribution is 5.49. The molecule has 0 saturated carbocycles. The summed E-state index contributed by atoms with van der Waals surface area (Å²) in [7, 11) is 5.25. The largest absolute Gasteiger partial charge is 0.494 e. The number of rotatable bonds is 2. The Hall–Kier alpha value is -1.25. The Bertz CT molecular complexity index is 273. The Labute approximate surface area is 71.6 Å². The highest BCUT2D eigenvalue weighted by atomic mass is 19.1. The lowest BCUT2D eigenvalue weighted by atomic mass is 10.3. The fourth-order valence-corrected chi connectivity index (χ4v) is 0.927. The average molecular weight is 169 g/mol. The van der Waals surface area contributed by atoms with Crippen LogP contribution in [0.25, 0.3) is 0 Å². The zero-order valence-electron chi connectivity index (χ0n) is 7.47. The van der Waals surface area contributed by atoms with Crippen molar-refractivity contribution in [2.45, 2.75) is 0 Å². The third-order valence-corrected chi connectivity index (χ3v) is 1.65. The number of hydrogen-bond donors (Lipinski definition) is 0. The molecule has 12 heavy (non-hydrogen) atoms. The predicted molar refractivity (Wildman–Crippen MR) is 47.3 cm³/mol. The van der Waals surface area contributed by atoms with Crippen molar-refractivity contribution in [3.05, 3.63) is 24.0 Å². The van der Waals surface area contributed by atoms with Gasteiger partial charge in [-0.05, 0) is 12.1 Å². The summed E-state index contributed by atoms with van der Waals surface area (Å²) in [5.41, 5.74) is 0.924. The molecule has 0 fully saturated rings. The lowest BCUT2D eigenvalue weighted by Gasteiger charge is -2.13. The highest BCUT2D eigenvalue weighted by Gasteiger charge is 2.03. The minimum atomic E-state index is -0.330. The Kier molecular flexibility index (Phi) is 2.53. The molecular weight excluding hydrogens is 157 g/mol. The molecule has 1 aromatic carbocycles. The van der Waals surface area contributed by atoms with Crippen LogP contribution in [-0.4, -0.2) is 21.2 Å². The summed E-state index contributed by atoms with van der Waals surface area (Å²) < 4.78 is 17.7. The monoisotopic (exact) mass is 169 g/mol. The standard InChI is InChI=1S/C9H12FNO/c1-11(2)7-4-5-8(10)9(6-7)12-3/h4-6H,1-3H3. The lowest BCUT2D eigenvalue weighted by molar-refractivity contribution is 0.386. The maximum Gasteiger partial charge on any atom is 0.165 e. The molecule has 0 saturated heterocycles. The average Bonchev–Trinajstić information content (AvgIpc) is 2.05. The zero-order valence-corrected chi connectivity index (χ0v) is 7.47. The van der Waals surface area contributed by atoms with Crippen LogP contribution in [0.3, 0.4) is 0 Å². The second-order valence-corrected chi connectivity index (χ2v) is 2.71. The molecule has 0 bridgehead atoms. The normalized spacial score (nSPS) is 9.67. The van der Waals surface area contributed by atoms with E-state index in [2.05, 4.69) is 0 Å². The summed E-state index contributed by atoms with van der Waals surface area (Å²) in [5.74, 6) is -0.0516. The van der Waals surface area contributed by atoms with Gasteiger partial charge in [0.25, 0.3) is 0 Å². The molecule has 1 aromatic rings. The molecule has 0 aromatic heterocycles. The molecule has 0 unspecified atom stereocenters. The van der Waals surface area contributed by atoms with E-state index < -0.39 is 0 Å². The summed E-state index contributed by atoms with van der Waals surface area (Å²) in [6.07, 6.45) is 0. The van der Waals surface area contributed by atoms with E-state index in [4.69, 9.17) is 4.74 Å². The van der Waals surface area contributed by atoms with Crippen LogP contribution in [0.1, 0.15) is 0 Å². The van der Waals surface area contributed by atoms with Gasteiger partial charge in [0.2, 0.25) is 0 Å². The molecule has 0 radical (unpaired) electrons. The van der Waals surface area contributed by atoms with E-state index in [9.17, 15) is 4.39 Å². The van der Waals surface area contributed by atoms with Crippen molar-refractivity contribution in [3.8, 4) is 5.75 Å². The van der Waals surface area contributed by atoms with Gasteiger partial charge < -0.3 is 9.64 Å². The summed E-state index contributed by atoms with van der Waals surface area (Å²) in [5, 5.41) is 0. The van der Waals surface area contributed by atoms with Gasteiger partial charge in [0, 0.05) is 25.8 Å². The van der Waals surface area contributed by atoms with E-state index in [-0.39, 0.29) is 11.6 Å². The molecule has 0 amide bonds. The van der Waals surface area contributed by atoms with Crippen molar-refractivity contribution in [3.63, 3.8) is 0 Å². The predicted octanol–water partition coefficient (Wildman–Crippen LogP) is 1.90. The zero-order chi connectivity index (χ0) is 9.14. The van der Waals surface area contributed by atoms with Crippen molar-refractivity contribution >= 4 is 5.69 Å². The smallest absolute Gasteiger partial charge is 0.165 e. The summed E-state index contributed by atoms with van der Waals surface area (Å²) in [6.45, 7) is 0. The van der Waals surface area contributed by atoms with E-state index in [1.807, 2.05) is 19.0 Å². The number of ether oxygens (including phenoxy) is 1. The van der Waals surface area contributed by atoms with E-state index in [1.54, 1.807) is 12.1 Å². The molecule has 0 heterocycles. The molecule has 3 heteroatoms. The highest BCUT2D eigenvalue weighted by Crippen LogP contribution is 2.22. The summed E-state index contributed by atoms with van der Waals surface area (Å²) >= 11 is 0. The fourth-order valence-electron chi connectivity index (χ4n) is 0.927. The maximum atomic E-state index is 12.9. The third kappa shape index (κ3) is 1.67. The first-order valence-corrected chi connectivity index (χ1v) is 3.66. The van der Waals surface area contributed by atoms with Crippen molar-refractivity contribution < 1.29 is 9.13 Å². The number of anilines is 1. The minimum absolute atomic E-state index is 0.279. The summed E-state index contributed by atoms with van der Waals surface area (Å²) in [6, 6.07) is 4.77. The van der Waals surface area contributed by atoms with Crippen LogP contribution < -0.4 is 9.64 Å². The Morgan fingerprint density at radius 1 is 1.33 bits per heavy atom. The first-order chi connectivity index (χ1) is 5.65. The van der Waals surface area contributed by atoms with Crippen LogP contribution in [-0.2, 0) is 0 Å². The van der Waals surface area contributed by atoms with Crippen LogP contribution in [0.15, 0.2) is 18.2 Å². The van der Waals surface area contributed by atoms with E-state index in [1.165, 1.54) is 13.2 Å². The van der Waals surface area contributed by atoms with E-state index in [0.717, 1.165) is 5.69 Å². The van der Waals surface area contributed by atoms with Crippen LogP contribution in [0.2, 0.25) is 0 Å². The van der Waals surface area contributed by atoms with Gasteiger partial charge in [-0.1, -0.05) is 0 Å². The molecule has 0 N–H and O–H groups in total. The number of nitrogens with zero attached hydrogens (tertiary/aromatic N) is 1. The first kappa shape index (κ1) is 8.84. The van der Waals surface area contributed by atoms with E-state index >= 15 is 0 Å². The Balaban J connectivity index is 3.05. The second kappa shape index (κ2) is 3.43. The molecule has 1 rings (SSSR count). The molecule has 0 aliphatic heterocycles. The quantitative estimate of drug-likeness (QED) is 0.670. The lowest BCUT2D eigenvalue weighted by Crippen LogP contribution is -2.08. The van der Waals surface area contributed by atoms with Crippen molar-refractivity contribution in [1.29, 1.82) is 0 Å². The number of benzene rings is 1. The van der Waals surface area contributed by atoms with Gasteiger partial charge in [0.05, 0.1) is 7.11 Å². The van der Waals surface area contributed by atoms with Gasteiger partial charge in [-0.15, -0.1) is 0 Å². The number of methoxy groups -OCH3 is 1. The first-order valence-electron chi connectivity index (χ1n) is 3.66. The number of hydrogen-bond acceptors (Lipinski definition) is 2. The van der Waals surface area contributed by atoms with Gasteiger partial charge in [-0.3, -0.25) is 0 Å². The van der Waals surface area contributed by atoms with Gasteiger partial charge in [-0.2, -0.15) is 0 Å².